The summed E-state index contributed by atoms with van der Waals surface area (Å²) in [5.41, 5.74) is -0.0964. The van der Waals surface area contributed by atoms with E-state index in [2.05, 4.69) is 22.2 Å². The molecule has 5 heteroatoms. The van der Waals surface area contributed by atoms with Crippen molar-refractivity contribution in [2.45, 2.75) is 52.1 Å². The van der Waals surface area contributed by atoms with Gasteiger partial charge in [0.15, 0.2) is 17.5 Å². The average Bonchev–Trinajstić information content (AvgIpc) is 2.43. The maximum absolute atomic E-state index is 14.0. The van der Waals surface area contributed by atoms with Gasteiger partial charge in [0.2, 0.25) is 0 Å². The van der Waals surface area contributed by atoms with E-state index in [0.717, 1.165) is 19.3 Å². The van der Waals surface area contributed by atoms with Gasteiger partial charge in [-0.25, -0.2) is 14.4 Å². The Balaban J connectivity index is 2.44. The lowest BCUT2D eigenvalue weighted by Gasteiger charge is -2.37. The van der Waals surface area contributed by atoms with Crippen LogP contribution in [0.3, 0.4) is 0 Å². The molecule has 20 heavy (non-hydrogen) atoms. The van der Waals surface area contributed by atoms with Crippen LogP contribution in [0.4, 0.5) is 10.2 Å². The summed E-state index contributed by atoms with van der Waals surface area (Å²) in [6, 6.07) is 0. The molecule has 0 aliphatic heterocycles. The van der Waals surface area contributed by atoms with E-state index in [4.69, 9.17) is 4.74 Å². The molecule has 0 amide bonds. The first-order valence-corrected chi connectivity index (χ1v) is 7.36. The summed E-state index contributed by atoms with van der Waals surface area (Å²) >= 11 is 0. The van der Waals surface area contributed by atoms with Crippen molar-refractivity contribution in [1.29, 1.82) is 0 Å². The summed E-state index contributed by atoms with van der Waals surface area (Å²) in [4.78, 5) is 8.77. The maximum Gasteiger partial charge on any atom is 0.186 e. The van der Waals surface area contributed by atoms with Gasteiger partial charge in [-0.15, -0.1) is 0 Å². The van der Waals surface area contributed by atoms with Gasteiger partial charge in [0, 0.05) is 13.7 Å². The molecule has 1 aliphatic rings. The largest absolute Gasteiger partial charge is 0.370 e. The molecule has 0 aromatic carbocycles. The molecule has 2 unspecified atom stereocenters. The molecule has 1 aliphatic carbocycles. The van der Waals surface area contributed by atoms with Crippen molar-refractivity contribution >= 4 is 5.82 Å². The van der Waals surface area contributed by atoms with Crippen molar-refractivity contribution in [3.05, 3.63) is 17.3 Å². The Bertz CT molecular complexity index is 480. The Morgan fingerprint density at radius 1 is 1.45 bits per heavy atom. The van der Waals surface area contributed by atoms with E-state index >= 15 is 0 Å². The molecule has 0 bridgehead atoms. The number of hydrogen-bond donors (Lipinski definition) is 1. The topological polar surface area (TPSA) is 47.0 Å². The van der Waals surface area contributed by atoms with Crippen LogP contribution in [0.1, 0.15) is 51.0 Å². The molecular formula is C15H24FN3O. The fourth-order valence-electron chi connectivity index (χ4n) is 3.03. The van der Waals surface area contributed by atoms with Crippen LogP contribution in [-0.2, 0) is 10.3 Å². The second-order valence-electron chi connectivity index (χ2n) is 5.73. The summed E-state index contributed by atoms with van der Waals surface area (Å²) in [7, 11) is 1.70. The number of aromatic nitrogens is 2. The number of methoxy groups -OCH3 is 1. The first-order chi connectivity index (χ1) is 9.52. The second kappa shape index (κ2) is 6.04. The Hall–Kier alpha value is -1.23. The predicted molar refractivity (Wildman–Crippen MR) is 77.2 cm³/mol. The van der Waals surface area contributed by atoms with E-state index in [1.807, 2.05) is 6.92 Å². The van der Waals surface area contributed by atoms with Gasteiger partial charge in [0.05, 0.1) is 5.69 Å². The lowest BCUT2D eigenvalue weighted by Crippen LogP contribution is -2.36. The SMILES string of the molecule is CCNc1nc(C2(OC)CCCC(C)C2)nc(C)c1F. The third-order valence-electron chi connectivity index (χ3n) is 4.12. The van der Waals surface area contributed by atoms with E-state index < -0.39 is 5.60 Å². The first kappa shape index (κ1) is 15.2. The number of anilines is 1. The Labute approximate surface area is 120 Å². The normalized spacial score (nSPS) is 26.6. The number of nitrogens with one attached hydrogen (secondary N) is 1. The van der Waals surface area contributed by atoms with Crippen molar-refractivity contribution in [2.75, 3.05) is 19.0 Å². The van der Waals surface area contributed by atoms with E-state index in [9.17, 15) is 4.39 Å². The smallest absolute Gasteiger partial charge is 0.186 e. The molecule has 1 fully saturated rings. The van der Waals surface area contributed by atoms with Crippen LogP contribution in [-0.4, -0.2) is 23.6 Å². The van der Waals surface area contributed by atoms with Crippen LogP contribution >= 0.6 is 0 Å². The highest BCUT2D eigenvalue weighted by molar-refractivity contribution is 5.38. The monoisotopic (exact) mass is 281 g/mol. The summed E-state index contributed by atoms with van der Waals surface area (Å²) in [6.45, 7) is 6.44. The maximum atomic E-state index is 14.0. The quantitative estimate of drug-likeness (QED) is 0.918. The van der Waals surface area contributed by atoms with Gasteiger partial charge < -0.3 is 10.1 Å². The molecule has 4 nitrogen and oxygen atoms in total. The lowest BCUT2D eigenvalue weighted by atomic mass is 9.78. The van der Waals surface area contributed by atoms with E-state index in [0.29, 0.717) is 24.0 Å². The van der Waals surface area contributed by atoms with Crippen molar-refractivity contribution in [3.63, 3.8) is 0 Å². The predicted octanol–water partition coefficient (Wildman–Crippen LogP) is 3.41. The van der Waals surface area contributed by atoms with E-state index in [1.54, 1.807) is 14.0 Å². The number of rotatable bonds is 4. The minimum atomic E-state index is -0.472. The summed E-state index contributed by atoms with van der Waals surface area (Å²) in [6.07, 6.45) is 4.07. The highest BCUT2D eigenvalue weighted by Crippen LogP contribution is 2.41. The highest BCUT2D eigenvalue weighted by atomic mass is 19.1. The van der Waals surface area contributed by atoms with Gasteiger partial charge in [-0.3, -0.25) is 0 Å². The number of hydrogen-bond acceptors (Lipinski definition) is 4. The molecule has 1 saturated carbocycles. The molecule has 1 N–H and O–H groups in total. The van der Waals surface area contributed by atoms with Gasteiger partial charge in [0.25, 0.3) is 0 Å². The zero-order valence-electron chi connectivity index (χ0n) is 12.8. The van der Waals surface area contributed by atoms with Gasteiger partial charge >= 0.3 is 0 Å². The van der Waals surface area contributed by atoms with Crippen LogP contribution < -0.4 is 5.32 Å². The van der Waals surface area contributed by atoms with E-state index in [1.165, 1.54) is 6.42 Å². The minimum absolute atomic E-state index is 0.282. The van der Waals surface area contributed by atoms with Gasteiger partial charge in [-0.2, -0.15) is 0 Å². The summed E-state index contributed by atoms with van der Waals surface area (Å²) < 4.78 is 19.8. The minimum Gasteiger partial charge on any atom is -0.370 e. The number of aryl methyl sites for hydroxylation is 1. The third-order valence-corrected chi connectivity index (χ3v) is 4.12. The molecule has 2 atom stereocenters. The van der Waals surface area contributed by atoms with Crippen LogP contribution in [0, 0.1) is 18.7 Å². The van der Waals surface area contributed by atoms with E-state index in [-0.39, 0.29) is 11.6 Å². The van der Waals surface area contributed by atoms with Gasteiger partial charge in [-0.05, 0) is 39.0 Å². The zero-order chi connectivity index (χ0) is 14.8. The standard InChI is InChI=1S/C15H24FN3O/c1-5-17-13-12(16)11(3)18-14(19-13)15(20-4)8-6-7-10(2)9-15/h10H,5-9H2,1-4H3,(H,17,18,19). The molecule has 0 saturated heterocycles. The van der Waals surface area contributed by atoms with Crippen molar-refractivity contribution < 1.29 is 9.13 Å². The third kappa shape index (κ3) is 2.77. The van der Waals surface area contributed by atoms with Crippen LogP contribution in [0.2, 0.25) is 0 Å². The second-order valence-corrected chi connectivity index (χ2v) is 5.73. The van der Waals surface area contributed by atoms with Gasteiger partial charge in [-0.1, -0.05) is 13.3 Å². The van der Waals surface area contributed by atoms with Crippen molar-refractivity contribution in [1.82, 2.24) is 9.97 Å². The summed E-state index contributed by atoms with van der Waals surface area (Å²) in [5.74, 6) is 1.09. The number of halogens is 1. The Morgan fingerprint density at radius 3 is 2.80 bits per heavy atom. The Morgan fingerprint density at radius 2 is 2.20 bits per heavy atom. The number of ether oxygens (including phenoxy) is 1. The average molecular weight is 281 g/mol. The molecule has 0 spiro atoms. The number of nitrogens with zero attached hydrogens (tertiary/aromatic N) is 2. The molecule has 0 radical (unpaired) electrons. The van der Waals surface area contributed by atoms with Crippen LogP contribution in [0.5, 0.6) is 0 Å². The Kier molecular flexibility index (Phi) is 4.58. The zero-order valence-corrected chi connectivity index (χ0v) is 12.8. The highest BCUT2D eigenvalue weighted by Gasteiger charge is 2.40. The van der Waals surface area contributed by atoms with Crippen LogP contribution in [0.15, 0.2) is 0 Å². The van der Waals surface area contributed by atoms with Crippen molar-refractivity contribution in [2.24, 2.45) is 5.92 Å². The molecule has 2 rings (SSSR count). The molecule has 112 valence electrons. The molecular weight excluding hydrogens is 257 g/mol. The molecule has 1 heterocycles. The first-order valence-electron chi connectivity index (χ1n) is 7.36. The van der Waals surface area contributed by atoms with Crippen molar-refractivity contribution in [3.8, 4) is 0 Å². The lowest BCUT2D eigenvalue weighted by molar-refractivity contribution is -0.0647. The fourth-order valence-corrected chi connectivity index (χ4v) is 3.03. The molecule has 1 aromatic rings. The van der Waals surface area contributed by atoms with Crippen LogP contribution in [0.25, 0.3) is 0 Å². The van der Waals surface area contributed by atoms with Gasteiger partial charge in [0.1, 0.15) is 5.60 Å². The fraction of sp³-hybridized carbons (Fsp3) is 0.733. The summed E-state index contributed by atoms with van der Waals surface area (Å²) in [5, 5.41) is 2.97. The molecule has 1 aromatic heterocycles.